The van der Waals surface area contributed by atoms with Crippen LogP contribution in [0.1, 0.15) is 92.4 Å². The Morgan fingerprint density at radius 1 is 0.952 bits per heavy atom. The molecule has 324 valence electrons. The number of methoxy groups -OCH3 is 1. The lowest BCUT2D eigenvalue weighted by Gasteiger charge is -2.39. The SMILES string of the molecule is CC[C@@H]1c2nnc(C)n2-c2cnc(Nc3c(OC)cccc3C(=O)N3CCN(CCNc4cccc5c(=O)n(C6CCC(=O)NC6=O)ncc45)CC3)nc2N1CC1CCCCC1. The van der Waals surface area contributed by atoms with E-state index in [1.165, 1.54) is 36.8 Å². The number of carbonyl (C=O) groups is 3. The van der Waals surface area contributed by atoms with Crippen molar-refractivity contribution in [2.24, 2.45) is 5.92 Å². The van der Waals surface area contributed by atoms with Gasteiger partial charge in [-0.1, -0.05) is 38.3 Å². The number of hydrogen-bond acceptors (Lipinski definition) is 14. The summed E-state index contributed by atoms with van der Waals surface area (Å²) in [7, 11) is 1.59. The predicted molar refractivity (Wildman–Crippen MR) is 233 cm³/mol. The standard InChI is InChI=1S/C44H53N13O5/c1-4-33-40-52-51-27(2)56(40)35-25-46-44(50-39(35)55(33)26-28-10-6-5-7-11-28)49-38-30(13-9-15-36(38)62-3)42(60)54-22-20-53(21-23-54)19-18-45-32-14-8-12-29-31(32)24-47-57(43(29)61)34-16-17-37(58)48-41(34)59/h8-9,12-15,24-25,28,33-34,45H,4-7,10-11,16-23,26H2,1-3H3,(H,46,49,50)(H,48,58,59)/t33-,34?/m1/s1. The zero-order chi connectivity index (χ0) is 42.9. The molecule has 3 aromatic heterocycles. The fourth-order valence-corrected chi connectivity index (χ4v) is 9.53. The lowest BCUT2D eigenvalue weighted by atomic mass is 9.88. The van der Waals surface area contributed by atoms with Gasteiger partial charge in [-0.3, -0.25) is 34.0 Å². The van der Waals surface area contributed by atoms with E-state index in [4.69, 9.17) is 14.7 Å². The summed E-state index contributed by atoms with van der Waals surface area (Å²) in [5.74, 6) is 3.02. The highest BCUT2D eigenvalue weighted by atomic mass is 16.5. The molecule has 0 radical (unpaired) electrons. The van der Waals surface area contributed by atoms with E-state index in [2.05, 4.69) is 52.5 Å². The molecule has 3 N–H and O–H groups in total. The van der Waals surface area contributed by atoms with Crippen LogP contribution in [0.2, 0.25) is 0 Å². The molecule has 1 unspecified atom stereocenters. The van der Waals surface area contributed by atoms with Crippen LogP contribution in [0.25, 0.3) is 16.5 Å². The largest absolute Gasteiger partial charge is 0.495 e. The second kappa shape index (κ2) is 17.5. The molecule has 2 atom stereocenters. The van der Waals surface area contributed by atoms with Gasteiger partial charge >= 0.3 is 0 Å². The van der Waals surface area contributed by atoms with Crippen molar-refractivity contribution in [2.75, 3.05) is 68.5 Å². The first-order valence-electron chi connectivity index (χ1n) is 21.8. The minimum atomic E-state index is -0.826. The first-order valence-corrected chi connectivity index (χ1v) is 21.8. The van der Waals surface area contributed by atoms with Gasteiger partial charge in [0.1, 0.15) is 23.3 Å². The first kappa shape index (κ1) is 40.9. The number of rotatable bonds is 12. The Kier molecular flexibility index (Phi) is 11.6. The van der Waals surface area contributed by atoms with Crippen molar-refractivity contribution in [3.8, 4) is 11.4 Å². The highest BCUT2D eigenvalue weighted by Crippen LogP contribution is 2.41. The van der Waals surface area contributed by atoms with Crippen molar-refractivity contribution < 1.29 is 19.1 Å². The molecule has 0 bridgehead atoms. The Morgan fingerprint density at radius 3 is 2.53 bits per heavy atom. The minimum Gasteiger partial charge on any atom is -0.495 e. The summed E-state index contributed by atoms with van der Waals surface area (Å²) in [6, 6.07) is 10.1. The number of piperidine rings is 1. The molecule has 0 spiro atoms. The second-order valence-electron chi connectivity index (χ2n) is 16.6. The molecule has 9 rings (SSSR count). The van der Waals surface area contributed by atoms with Gasteiger partial charge in [0, 0.05) is 63.3 Å². The molecular weight excluding hydrogens is 791 g/mol. The van der Waals surface area contributed by atoms with Gasteiger partial charge in [-0.2, -0.15) is 10.1 Å². The van der Waals surface area contributed by atoms with Crippen LogP contribution in [0, 0.1) is 12.8 Å². The highest BCUT2D eigenvalue weighted by molar-refractivity contribution is 6.02. The summed E-state index contributed by atoms with van der Waals surface area (Å²) in [5.41, 5.74) is 2.22. The highest BCUT2D eigenvalue weighted by Gasteiger charge is 2.37. The zero-order valence-corrected chi connectivity index (χ0v) is 35.5. The number of fused-ring (bicyclic) bond motifs is 4. The molecule has 1 saturated carbocycles. The smallest absolute Gasteiger partial charge is 0.275 e. The topological polar surface area (TPSA) is 198 Å². The molecule has 6 heterocycles. The Labute approximate surface area is 359 Å². The van der Waals surface area contributed by atoms with Gasteiger partial charge in [0.15, 0.2) is 11.6 Å². The van der Waals surface area contributed by atoms with E-state index in [1.807, 2.05) is 42.3 Å². The van der Waals surface area contributed by atoms with Crippen LogP contribution in [0.5, 0.6) is 5.75 Å². The second-order valence-corrected chi connectivity index (χ2v) is 16.6. The average molecular weight is 844 g/mol. The van der Waals surface area contributed by atoms with Crippen molar-refractivity contribution >= 4 is 51.6 Å². The third kappa shape index (κ3) is 7.82. The molecule has 3 aliphatic heterocycles. The Balaban J connectivity index is 0.869. The predicted octanol–water partition coefficient (Wildman–Crippen LogP) is 4.53. The van der Waals surface area contributed by atoms with Crippen molar-refractivity contribution in [1.29, 1.82) is 0 Å². The van der Waals surface area contributed by atoms with Crippen LogP contribution < -0.4 is 31.1 Å². The summed E-state index contributed by atoms with van der Waals surface area (Å²) in [5, 5.41) is 23.6. The number of amides is 3. The van der Waals surface area contributed by atoms with Gasteiger partial charge in [0.25, 0.3) is 17.4 Å². The average Bonchev–Trinajstić information content (AvgIpc) is 3.68. The lowest BCUT2D eigenvalue weighted by molar-refractivity contribution is -0.136. The number of piperazine rings is 1. The Bertz CT molecular complexity index is 2560. The van der Waals surface area contributed by atoms with E-state index in [-0.39, 0.29) is 36.3 Å². The third-order valence-corrected chi connectivity index (χ3v) is 12.8. The molecule has 3 fully saturated rings. The third-order valence-electron chi connectivity index (χ3n) is 12.8. The summed E-state index contributed by atoms with van der Waals surface area (Å²) >= 11 is 0. The summed E-state index contributed by atoms with van der Waals surface area (Å²) < 4.78 is 9.05. The molecule has 2 saturated heterocycles. The number of ether oxygens (including phenoxy) is 1. The van der Waals surface area contributed by atoms with Crippen LogP contribution in [-0.2, 0) is 9.59 Å². The van der Waals surface area contributed by atoms with E-state index in [1.54, 1.807) is 25.4 Å². The number of para-hydroxylation sites is 1. The molecule has 18 nitrogen and oxygen atoms in total. The summed E-state index contributed by atoms with van der Waals surface area (Å²) in [4.78, 5) is 68.3. The van der Waals surface area contributed by atoms with Crippen LogP contribution in [0.4, 0.5) is 23.1 Å². The van der Waals surface area contributed by atoms with E-state index in [0.29, 0.717) is 78.9 Å². The maximum Gasteiger partial charge on any atom is 0.275 e. The van der Waals surface area contributed by atoms with Gasteiger partial charge in [-0.25, -0.2) is 9.67 Å². The van der Waals surface area contributed by atoms with Crippen LogP contribution in [0.15, 0.2) is 53.6 Å². The molecule has 62 heavy (non-hydrogen) atoms. The Hall–Kier alpha value is -6.43. The van der Waals surface area contributed by atoms with Crippen molar-refractivity contribution in [3.05, 3.63) is 76.4 Å². The summed E-state index contributed by atoms with van der Waals surface area (Å²) in [6.07, 6.45) is 10.8. The molecule has 18 heteroatoms. The number of anilines is 4. The van der Waals surface area contributed by atoms with Gasteiger partial charge in [0.05, 0.1) is 42.2 Å². The number of benzene rings is 2. The van der Waals surface area contributed by atoms with Crippen LogP contribution in [-0.4, -0.2) is 115 Å². The van der Waals surface area contributed by atoms with E-state index >= 15 is 0 Å². The maximum atomic E-state index is 14.3. The van der Waals surface area contributed by atoms with Crippen molar-refractivity contribution in [3.63, 3.8) is 0 Å². The van der Waals surface area contributed by atoms with Crippen molar-refractivity contribution in [2.45, 2.75) is 77.3 Å². The van der Waals surface area contributed by atoms with Gasteiger partial charge in [-0.05, 0) is 62.8 Å². The maximum absolute atomic E-state index is 14.3. The van der Waals surface area contributed by atoms with E-state index in [9.17, 15) is 19.2 Å². The van der Waals surface area contributed by atoms with Crippen LogP contribution >= 0.6 is 0 Å². The molecule has 5 aromatic rings. The van der Waals surface area contributed by atoms with E-state index < -0.39 is 11.9 Å². The number of aryl methyl sites for hydroxylation is 1. The molecule has 1 aliphatic carbocycles. The number of imide groups is 1. The Morgan fingerprint density at radius 2 is 1.76 bits per heavy atom. The number of carbonyl (C=O) groups excluding carboxylic acids is 3. The van der Waals surface area contributed by atoms with Gasteiger partial charge in [0.2, 0.25) is 11.9 Å². The van der Waals surface area contributed by atoms with Crippen molar-refractivity contribution in [1.82, 2.24) is 49.6 Å². The molecule has 3 amide bonds. The van der Waals surface area contributed by atoms with E-state index in [0.717, 1.165) is 41.8 Å². The number of aromatic nitrogens is 7. The fourth-order valence-electron chi connectivity index (χ4n) is 9.53. The lowest BCUT2D eigenvalue weighted by Crippen LogP contribution is -2.49. The quantitative estimate of drug-likeness (QED) is 0.148. The zero-order valence-electron chi connectivity index (χ0n) is 35.5. The van der Waals surface area contributed by atoms with Crippen LogP contribution in [0.3, 0.4) is 0 Å². The number of nitrogens with zero attached hydrogens (tertiary/aromatic N) is 10. The monoisotopic (exact) mass is 843 g/mol. The first-order chi connectivity index (χ1) is 30.2. The molecule has 2 aromatic carbocycles. The number of nitrogens with one attached hydrogen (secondary N) is 3. The number of hydrogen-bond donors (Lipinski definition) is 3. The normalized spacial score (nSPS) is 19.5. The van der Waals surface area contributed by atoms with Gasteiger partial charge < -0.3 is 25.2 Å². The molecule has 4 aliphatic rings. The molecular formula is C44H53N13O5. The summed E-state index contributed by atoms with van der Waals surface area (Å²) in [6.45, 7) is 8.78. The van der Waals surface area contributed by atoms with Gasteiger partial charge in [-0.15, -0.1) is 10.2 Å². The minimum absolute atomic E-state index is 0.0231. The fraction of sp³-hybridized carbons (Fsp3) is 0.477.